The van der Waals surface area contributed by atoms with Crippen LogP contribution in [-0.4, -0.2) is 33.8 Å². The highest BCUT2D eigenvalue weighted by molar-refractivity contribution is 5.09. The molecule has 2 aliphatic rings. The van der Waals surface area contributed by atoms with E-state index < -0.39 is 0 Å². The molecule has 3 rings (SSSR count). The minimum Gasteiger partial charge on any atom is -0.296 e. The zero-order valence-electron chi connectivity index (χ0n) is 12.1. The highest BCUT2D eigenvalue weighted by Crippen LogP contribution is 2.41. The Hall–Kier alpha value is -0.830. The maximum atomic E-state index is 4.61. The minimum absolute atomic E-state index is 0.563. The molecule has 0 N–H and O–H groups in total. The predicted molar refractivity (Wildman–Crippen MR) is 73.7 cm³/mol. The van der Waals surface area contributed by atoms with E-state index in [1.807, 2.05) is 0 Å². The molecule has 0 spiro atoms. The molecule has 3 heteroatoms. The number of aromatic nitrogens is 2. The molecule has 1 aliphatic heterocycles. The first-order valence-corrected chi connectivity index (χ1v) is 7.21. The van der Waals surface area contributed by atoms with E-state index in [9.17, 15) is 0 Å². The summed E-state index contributed by atoms with van der Waals surface area (Å²) in [6.45, 7) is 11.5. The van der Waals surface area contributed by atoms with Gasteiger partial charge in [0.2, 0.25) is 0 Å². The van der Waals surface area contributed by atoms with E-state index in [-0.39, 0.29) is 0 Å². The van der Waals surface area contributed by atoms with Crippen molar-refractivity contribution in [1.29, 1.82) is 0 Å². The summed E-state index contributed by atoms with van der Waals surface area (Å²) in [6.07, 6.45) is 4.15. The summed E-state index contributed by atoms with van der Waals surface area (Å²) < 4.78 is 2.23. The molecule has 0 bridgehead atoms. The van der Waals surface area contributed by atoms with Crippen molar-refractivity contribution in [2.75, 3.05) is 13.1 Å². The normalized spacial score (nSPS) is 28.6. The van der Waals surface area contributed by atoms with E-state index in [0.29, 0.717) is 11.5 Å². The monoisotopic (exact) mass is 247 g/mol. The van der Waals surface area contributed by atoms with E-state index in [0.717, 1.165) is 11.7 Å². The molecule has 18 heavy (non-hydrogen) atoms. The van der Waals surface area contributed by atoms with Crippen LogP contribution >= 0.6 is 0 Å². The summed E-state index contributed by atoms with van der Waals surface area (Å²) in [6, 6.07) is 3.62. The van der Waals surface area contributed by atoms with Crippen LogP contribution < -0.4 is 0 Å². The number of rotatable bonds is 2. The fourth-order valence-electron chi connectivity index (χ4n) is 3.67. The topological polar surface area (TPSA) is 21.1 Å². The quantitative estimate of drug-likeness (QED) is 0.801. The van der Waals surface area contributed by atoms with Crippen LogP contribution in [0.4, 0.5) is 0 Å². The molecule has 2 heterocycles. The van der Waals surface area contributed by atoms with Gasteiger partial charge in [-0.3, -0.25) is 9.58 Å². The van der Waals surface area contributed by atoms with Crippen molar-refractivity contribution in [1.82, 2.24) is 14.7 Å². The molecule has 1 saturated carbocycles. The third-order valence-electron chi connectivity index (χ3n) is 4.74. The number of likely N-dealkylation sites (tertiary alicyclic amines) is 1. The number of nitrogens with zero attached hydrogens (tertiary/aromatic N) is 3. The second kappa shape index (κ2) is 4.09. The smallest absolute Gasteiger partial charge is 0.0776 e. The zero-order valence-corrected chi connectivity index (χ0v) is 12.1. The lowest BCUT2D eigenvalue weighted by Crippen LogP contribution is -2.52. The molecular weight excluding hydrogens is 222 g/mol. The van der Waals surface area contributed by atoms with Crippen LogP contribution in [0, 0.1) is 19.3 Å². The third-order valence-corrected chi connectivity index (χ3v) is 4.74. The largest absolute Gasteiger partial charge is 0.296 e. The molecule has 1 aromatic rings. The molecule has 1 saturated heterocycles. The fraction of sp³-hybridized carbons (Fsp3) is 0.800. The number of hydrogen-bond donors (Lipinski definition) is 0. The van der Waals surface area contributed by atoms with Crippen LogP contribution in [0.3, 0.4) is 0 Å². The lowest BCUT2D eigenvalue weighted by atomic mass is 9.91. The second-order valence-corrected chi connectivity index (χ2v) is 7.04. The minimum atomic E-state index is 0.563. The fourth-order valence-corrected chi connectivity index (χ4v) is 3.67. The van der Waals surface area contributed by atoms with Crippen LogP contribution in [0.1, 0.15) is 50.5 Å². The predicted octanol–water partition coefficient (Wildman–Crippen LogP) is 2.94. The van der Waals surface area contributed by atoms with E-state index >= 15 is 0 Å². The van der Waals surface area contributed by atoms with Crippen molar-refractivity contribution >= 4 is 0 Å². The van der Waals surface area contributed by atoms with Gasteiger partial charge in [0.15, 0.2) is 0 Å². The highest BCUT2D eigenvalue weighted by Gasteiger charge is 2.40. The Kier molecular flexibility index (Phi) is 2.77. The molecule has 2 fully saturated rings. The lowest BCUT2D eigenvalue weighted by molar-refractivity contribution is 0.0498. The lowest BCUT2D eigenvalue weighted by Gasteiger charge is -2.44. The van der Waals surface area contributed by atoms with Gasteiger partial charge in [0.1, 0.15) is 0 Å². The maximum absolute atomic E-state index is 4.61. The first-order valence-electron chi connectivity index (χ1n) is 7.21. The summed E-state index contributed by atoms with van der Waals surface area (Å²) in [5, 5.41) is 4.61. The summed E-state index contributed by atoms with van der Waals surface area (Å²) in [5.74, 6) is 0. The molecular formula is C15H25N3. The maximum Gasteiger partial charge on any atom is 0.0776 e. The standard InChI is InChI=1S/C15H25N3/c1-11-7-12(2)18(16-11)14-9-17(10-14)13-5-6-15(3,4)8-13/h7,13-14H,5-6,8-10H2,1-4H3. The summed E-state index contributed by atoms with van der Waals surface area (Å²) in [5.41, 5.74) is 3.02. The van der Waals surface area contributed by atoms with Gasteiger partial charge in [-0.15, -0.1) is 0 Å². The summed E-state index contributed by atoms with van der Waals surface area (Å²) in [4.78, 5) is 2.66. The first kappa shape index (κ1) is 12.2. The molecule has 1 aromatic heterocycles. The SMILES string of the molecule is Cc1cc(C)n(C2CN(C3CCC(C)(C)C3)C2)n1. The Balaban J connectivity index is 1.59. The van der Waals surface area contributed by atoms with Crippen LogP contribution in [-0.2, 0) is 0 Å². The first-order chi connectivity index (χ1) is 8.44. The van der Waals surface area contributed by atoms with E-state index in [2.05, 4.69) is 48.4 Å². The molecule has 1 unspecified atom stereocenters. The molecule has 0 amide bonds. The molecule has 0 aromatic carbocycles. The Morgan fingerprint density at radius 3 is 2.44 bits per heavy atom. The van der Waals surface area contributed by atoms with Crippen molar-refractivity contribution in [2.45, 2.75) is 59.0 Å². The molecule has 100 valence electrons. The highest BCUT2D eigenvalue weighted by atomic mass is 15.4. The Morgan fingerprint density at radius 2 is 1.94 bits per heavy atom. The van der Waals surface area contributed by atoms with Gasteiger partial charge in [-0.2, -0.15) is 5.10 Å². The van der Waals surface area contributed by atoms with Crippen LogP contribution in [0.15, 0.2) is 6.07 Å². The average Bonchev–Trinajstić information content (AvgIpc) is 2.69. The van der Waals surface area contributed by atoms with Crippen molar-refractivity contribution in [3.05, 3.63) is 17.5 Å². The van der Waals surface area contributed by atoms with E-state index in [1.54, 1.807) is 0 Å². The molecule has 1 aliphatic carbocycles. The number of hydrogen-bond acceptors (Lipinski definition) is 2. The van der Waals surface area contributed by atoms with Crippen LogP contribution in [0.5, 0.6) is 0 Å². The van der Waals surface area contributed by atoms with Gasteiger partial charge in [-0.25, -0.2) is 0 Å². The van der Waals surface area contributed by atoms with Gasteiger partial charge in [-0.1, -0.05) is 13.8 Å². The van der Waals surface area contributed by atoms with Gasteiger partial charge in [-0.05, 0) is 44.6 Å². The van der Waals surface area contributed by atoms with Crippen molar-refractivity contribution in [3.63, 3.8) is 0 Å². The van der Waals surface area contributed by atoms with E-state index in [4.69, 9.17) is 0 Å². The Bertz CT molecular complexity index is 441. The molecule has 3 nitrogen and oxygen atoms in total. The summed E-state index contributed by atoms with van der Waals surface area (Å²) >= 11 is 0. The van der Waals surface area contributed by atoms with Gasteiger partial charge < -0.3 is 0 Å². The molecule has 0 radical (unpaired) electrons. The van der Waals surface area contributed by atoms with Crippen molar-refractivity contribution in [2.24, 2.45) is 5.41 Å². The second-order valence-electron chi connectivity index (χ2n) is 7.04. The Morgan fingerprint density at radius 1 is 1.22 bits per heavy atom. The van der Waals surface area contributed by atoms with E-state index in [1.165, 1.54) is 38.0 Å². The third kappa shape index (κ3) is 2.09. The number of aryl methyl sites for hydroxylation is 2. The summed E-state index contributed by atoms with van der Waals surface area (Å²) in [7, 11) is 0. The van der Waals surface area contributed by atoms with Gasteiger partial charge in [0, 0.05) is 24.8 Å². The zero-order chi connectivity index (χ0) is 12.9. The van der Waals surface area contributed by atoms with Crippen molar-refractivity contribution < 1.29 is 0 Å². The van der Waals surface area contributed by atoms with Crippen LogP contribution in [0.25, 0.3) is 0 Å². The molecule has 1 atom stereocenters. The van der Waals surface area contributed by atoms with Gasteiger partial charge in [0.05, 0.1) is 11.7 Å². The Labute approximate surface area is 110 Å². The van der Waals surface area contributed by atoms with Gasteiger partial charge >= 0.3 is 0 Å². The average molecular weight is 247 g/mol. The van der Waals surface area contributed by atoms with Crippen LogP contribution in [0.2, 0.25) is 0 Å². The van der Waals surface area contributed by atoms with Crippen molar-refractivity contribution in [3.8, 4) is 0 Å². The van der Waals surface area contributed by atoms with Gasteiger partial charge in [0.25, 0.3) is 0 Å².